The molecule has 2 rings (SSSR count). The van der Waals surface area contributed by atoms with Crippen molar-refractivity contribution < 1.29 is 18.7 Å². The molecule has 0 fully saturated rings. The van der Waals surface area contributed by atoms with Crippen LogP contribution in [0.25, 0.3) is 11.0 Å². The van der Waals surface area contributed by atoms with Gasteiger partial charge in [0.1, 0.15) is 11.3 Å². The summed E-state index contributed by atoms with van der Waals surface area (Å²) in [5, 5.41) is 9.17. The molecule has 106 valence electrons. The Hall–Kier alpha value is -1.60. The van der Waals surface area contributed by atoms with E-state index in [9.17, 15) is 13.6 Å². The summed E-state index contributed by atoms with van der Waals surface area (Å²) in [6, 6.07) is 1.84. The minimum absolute atomic E-state index is 0.0304. The van der Waals surface area contributed by atoms with Crippen LogP contribution in [0.3, 0.4) is 0 Å². The molecule has 4 nitrogen and oxygen atoms in total. The zero-order valence-electron chi connectivity index (χ0n) is 10.1. The number of benzene rings is 1. The largest absolute Gasteiger partial charge is 0.481 e. The maximum atomic E-state index is 13.7. The van der Waals surface area contributed by atoms with Gasteiger partial charge in [0.05, 0.1) is 17.8 Å². The van der Waals surface area contributed by atoms with Crippen molar-refractivity contribution in [2.45, 2.75) is 11.7 Å². The third-order valence-electron chi connectivity index (χ3n) is 2.39. The molecule has 8 heteroatoms. The SMILES string of the molecule is C=C(Cl)Cn1c(SCC(=O)O)nc2c(F)cc(F)cc21. The van der Waals surface area contributed by atoms with Crippen LogP contribution in [0.4, 0.5) is 8.78 Å². The predicted molar refractivity (Wildman–Crippen MR) is 73.0 cm³/mol. The molecule has 0 saturated heterocycles. The van der Waals surface area contributed by atoms with Crippen molar-refractivity contribution in [2.24, 2.45) is 0 Å². The van der Waals surface area contributed by atoms with Crippen molar-refractivity contribution in [2.75, 3.05) is 5.75 Å². The highest BCUT2D eigenvalue weighted by atomic mass is 35.5. The van der Waals surface area contributed by atoms with Crippen LogP contribution in [0, 0.1) is 11.6 Å². The Morgan fingerprint density at radius 3 is 2.80 bits per heavy atom. The monoisotopic (exact) mass is 318 g/mol. The molecular formula is C12H9ClF2N2O2S. The number of rotatable bonds is 5. The number of carboxylic acid groups (broad SMARTS) is 1. The topological polar surface area (TPSA) is 55.1 Å². The van der Waals surface area contributed by atoms with Gasteiger partial charge in [-0.25, -0.2) is 13.8 Å². The highest BCUT2D eigenvalue weighted by Gasteiger charge is 2.17. The van der Waals surface area contributed by atoms with Crippen molar-refractivity contribution in [3.05, 3.63) is 35.4 Å². The molecule has 1 heterocycles. The van der Waals surface area contributed by atoms with E-state index < -0.39 is 17.6 Å². The number of allylic oxidation sites excluding steroid dienone is 1. The van der Waals surface area contributed by atoms with E-state index in [0.717, 1.165) is 23.9 Å². The Kier molecular flexibility index (Phi) is 4.29. The summed E-state index contributed by atoms with van der Waals surface area (Å²) in [4.78, 5) is 14.6. The molecule has 0 aliphatic heterocycles. The molecule has 0 aliphatic carbocycles. The molecule has 0 saturated carbocycles. The molecule has 1 aromatic heterocycles. The van der Waals surface area contributed by atoms with Crippen LogP contribution in [0.5, 0.6) is 0 Å². The summed E-state index contributed by atoms with van der Waals surface area (Å²) < 4.78 is 28.4. The van der Waals surface area contributed by atoms with Crippen LogP contribution >= 0.6 is 23.4 Å². The smallest absolute Gasteiger partial charge is 0.313 e. The lowest BCUT2D eigenvalue weighted by atomic mass is 10.3. The molecule has 2 aromatic rings. The summed E-state index contributed by atoms with van der Waals surface area (Å²) in [5.41, 5.74) is 0.175. The van der Waals surface area contributed by atoms with Gasteiger partial charge >= 0.3 is 5.97 Å². The second-order valence-corrected chi connectivity index (χ2v) is 5.41. The molecule has 0 spiro atoms. The first-order valence-electron chi connectivity index (χ1n) is 5.41. The van der Waals surface area contributed by atoms with Gasteiger partial charge in [0.25, 0.3) is 0 Å². The summed E-state index contributed by atoms with van der Waals surface area (Å²) >= 11 is 6.63. The first kappa shape index (κ1) is 14.8. The van der Waals surface area contributed by atoms with Gasteiger partial charge in [-0.2, -0.15) is 0 Å². The zero-order chi connectivity index (χ0) is 14.9. The first-order valence-corrected chi connectivity index (χ1v) is 6.78. The van der Waals surface area contributed by atoms with Crippen molar-refractivity contribution in [3.8, 4) is 0 Å². The Morgan fingerprint density at radius 2 is 2.20 bits per heavy atom. The van der Waals surface area contributed by atoms with Gasteiger partial charge in [-0.15, -0.1) is 0 Å². The van der Waals surface area contributed by atoms with Gasteiger partial charge in [-0.05, 0) is 0 Å². The highest BCUT2D eigenvalue weighted by molar-refractivity contribution is 7.99. The lowest BCUT2D eigenvalue weighted by molar-refractivity contribution is -0.133. The van der Waals surface area contributed by atoms with E-state index in [0.29, 0.717) is 0 Å². The van der Waals surface area contributed by atoms with E-state index in [-0.39, 0.29) is 33.5 Å². The number of fused-ring (bicyclic) bond motifs is 1. The van der Waals surface area contributed by atoms with E-state index in [4.69, 9.17) is 16.7 Å². The molecule has 20 heavy (non-hydrogen) atoms. The van der Waals surface area contributed by atoms with E-state index >= 15 is 0 Å². The van der Waals surface area contributed by atoms with E-state index in [1.807, 2.05) is 0 Å². The number of carbonyl (C=O) groups is 1. The van der Waals surface area contributed by atoms with Crippen LogP contribution < -0.4 is 0 Å². The summed E-state index contributed by atoms with van der Waals surface area (Å²) in [5.74, 6) is -2.84. The zero-order valence-corrected chi connectivity index (χ0v) is 11.6. The van der Waals surface area contributed by atoms with Crippen LogP contribution in [0.15, 0.2) is 28.9 Å². The Labute approximate surface area is 122 Å². The third-order valence-corrected chi connectivity index (χ3v) is 3.47. The van der Waals surface area contributed by atoms with Crippen molar-refractivity contribution in [1.29, 1.82) is 0 Å². The fraction of sp³-hybridized carbons (Fsp3) is 0.167. The number of nitrogens with zero attached hydrogens (tertiary/aromatic N) is 2. The van der Waals surface area contributed by atoms with Crippen molar-refractivity contribution in [3.63, 3.8) is 0 Å². The normalized spacial score (nSPS) is 10.9. The minimum Gasteiger partial charge on any atom is -0.481 e. The van der Waals surface area contributed by atoms with Crippen LogP contribution in [-0.4, -0.2) is 26.4 Å². The summed E-state index contributed by atoms with van der Waals surface area (Å²) in [7, 11) is 0. The van der Waals surface area contributed by atoms with Gasteiger partial charge in [0, 0.05) is 17.2 Å². The molecule has 0 aliphatic rings. The number of carboxylic acids is 1. The first-order chi connectivity index (χ1) is 9.38. The van der Waals surface area contributed by atoms with E-state index in [2.05, 4.69) is 11.6 Å². The number of thioether (sulfide) groups is 1. The van der Waals surface area contributed by atoms with Crippen LogP contribution in [0.2, 0.25) is 0 Å². The van der Waals surface area contributed by atoms with E-state index in [1.165, 1.54) is 4.57 Å². The number of hydrogen-bond acceptors (Lipinski definition) is 3. The maximum Gasteiger partial charge on any atom is 0.313 e. The molecular weight excluding hydrogens is 310 g/mol. The number of hydrogen-bond donors (Lipinski definition) is 1. The fourth-order valence-corrected chi connectivity index (χ4v) is 2.54. The standard InChI is InChI=1S/C12H9ClF2N2O2S/c1-6(13)4-17-9-3-7(14)2-8(15)11(9)16-12(17)20-5-10(18)19/h2-3H,1,4-5H2,(H,18,19). The lowest BCUT2D eigenvalue weighted by Gasteiger charge is -2.06. The van der Waals surface area contributed by atoms with Crippen molar-refractivity contribution in [1.82, 2.24) is 9.55 Å². The molecule has 0 bridgehead atoms. The predicted octanol–water partition coefficient (Wildman–Crippen LogP) is 3.24. The number of halogens is 3. The molecule has 0 atom stereocenters. The molecule has 1 aromatic carbocycles. The maximum absolute atomic E-state index is 13.7. The second-order valence-electron chi connectivity index (χ2n) is 3.94. The molecule has 1 N–H and O–H groups in total. The lowest BCUT2D eigenvalue weighted by Crippen LogP contribution is -2.03. The Balaban J connectivity index is 2.57. The average Bonchev–Trinajstić information content (AvgIpc) is 2.65. The second kappa shape index (κ2) is 5.80. The summed E-state index contributed by atoms with van der Waals surface area (Å²) in [6.45, 7) is 3.61. The Bertz CT molecular complexity index is 702. The van der Waals surface area contributed by atoms with Gasteiger partial charge in [-0.1, -0.05) is 29.9 Å². The number of aliphatic carboxylic acids is 1. The van der Waals surface area contributed by atoms with Crippen molar-refractivity contribution >= 4 is 40.4 Å². The molecule has 0 radical (unpaired) electrons. The summed E-state index contributed by atoms with van der Waals surface area (Å²) in [6.07, 6.45) is 0. The number of aromatic nitrogens is 2. The average molecular weight is 319 g/mol. The third kappa shape index (κ3) is 3.10. The quantitative estimate of drug-likeness (QED) is 0.860. The van der Waals surface area contributed by atoms with Gasteiger partial charge in [0.15, 0.2) is 11.0 Å². The van der Waals surface area contributed by atoms with Gasteiger partial charge in [-0.3, -0.25) is 4.79 Å². The minimum atomic E-state index is -1.04. The molecule has 0 amide bonds. The van der Waals surface area contributed by atoms with Gasteiger partial charge in [0.2, 0.25) is 0 Å². The molecule has 0 unspecified atom stereocenters. The van der Waals surface area contributed by atoms with E-state index in [1.54, 1.807) is 0 Å². The number of imidazole rings is 1. The fourth-order valence-electron chi connectivity index (χ4n) is 1.69. The highest BCUT2D eigenvalue weighted by Crippen LogP contribution is 2.27. The van der Waals surface area contributed by atoms with Crippen LogP contribution in [0.1, 0.15) is 0 Å². The van der Waals surface area contributed by atoms with Crippen LogP contribution in [-0.2, 0) is 11.3 Å². The van der Waals surface area contributed by atoms with Gasteiger partial charge < -0.3 is 9.67 Å². The Morgan fingerprint density at radius 1 is 1.50 bits per heavy atom.